The smallest absolute Gasteiger partial charge is 0.0723 e. The summed E-state index contributed by atoms with van der Waals surface area (Å²) in [6.45, 7) is 4.80. The Morgan fingerprint density at radius 1 is 0.407 bits per heavy atom. The van der Waals surface area contributed by atoms with Crippen molar-refractivity contribution in [2.24, 2.45) is 0 Å². The van der Waals surface area contributed by atoms with Crippen molar-refractivity contribution in [3.8, 4) is 22.3 Å². The van der Waals surface area contributed by atoms with E-state index in [9.17, 15) is 0 Å². The van der Waals surface area contributed by atoms with Crippen molar-refractivity contribution in [2.45, 2.75) is 34.5 Å². The fourth-order valence-corrected chi connectivity index (χ4v) is 10.4. The van der Waals surface area contributed by atoms with E-state index in [1.165, 1.54) is 65.4 Å². The summed E-state index contributed by atoms with van der Waals surface area (Å²) in [5.41, 5.74) is 15.9. The van der Waals surface area contributed by atoms with Gasteiger partial charge >= 0.3 is 0 Å². The first kappa shape index (κ1) is 32.6. The lowest BCUT2D eigenvalue weighted by Crippen LogP contribution is -2.34. The van der Waals surface area contributed by atoms with Crippen LogP contribution in [0.1, 0.15) is 47.2 Å². The van der Waals surface area contributed by atoms with Gasteiger partial charge in [-0.25, -0.2) is 0 Å². The van der Waals surface area contributed by atoms with Gasteiger partial charge in [0.15, 0.2) is 0 Å². The first-order valence-corrected chi connectivity index (χ1v) is 19.6. The summed E-state index contributed by atoms with van der Waals surface area (Å²) in [7, 11) is 0. The van der Waals surface area contributed by atoms with Gasteiger partial charge in [0.05, 0.1) is 5.41 Å². The van der Waals surface area contributed by atoms with Gasteiger partial charge in [-0.3, -0.25) is 0 Å². The summed E-state index contributed by atoms with van der Waals surface area (Å²) >= 11 is 1.94. The molecule has 1 heterocycles. The van der Waals surface area contributed by atoms with E-state index in [1.807, 2.05) is 11.8 Å². The third-order valence-electron chi connectivity index (χ3n) is 11.6. The van der Waals surface area contributed by atoms with Crippen LogP contribution < -0.4 is 4.90 Å². The van der Waals surface area contributed by atoms with Crippen LogP contribution in [0.25, 0.3) is 22.3 Å². The standard InChI is InChI=1S/C52H39NS/c1-51(2)45-33-34-46-50(54-48-26-16-15-25-44(48)52(46,38-19-9-4-10-20-38)39-21-11-5-12-22-39)49(45)43-32-31-42(35-47(43)51)53(40-23-13-6-14-24-40)41-29-27-37(28-30-41)36-17-7-3-8-18-36/h3-35H,1-2H3. The SMILES string of the molecule is CC1(C)c2cc(N(c3ccccc3)c3ccc(-c4ccccc4)cc3)ccc2-c2c1ccc1c2Sc2ccccc2C1(c1ccccc1)c1ccccc1. The van der Waals surface area contributed by atoms with E-state index in [0.717, 1.165) is 17.1 Å². The summed E-state index contributed by atoms with van der Waals surface area (Å²) in [4.78, 5) is 5.06. The highest BCUT2D eigenvalue weighted by molar-refractivity contribution is 7.99. The molecule has 1 nitrogen and oxygen atoms in total. The largest absolute Gasteiger partial charge is 0.310 e. The molecule has 2 heteroatoms. The molecule has 0 unspecified atom stereocenters. The molecule has 0 atom stereocenters. The second-order valence-electron chi connectivity index (χ2n) is 14.9. The maximum absolute atomic E-state index is 2.45. The van der Waals surface area contributed by atoms with E-state index in [0.29, 0.717) is 0 Å². The molecule has 0 bridgehead atoms. The van der Waals surface area contributed by atoms with Gasteiger partial charge in [0.25, 0.3) is 0 Å². The fraction of sp³-hybridized carbons (Fsp3) is 0.0769. The molecular formula is C52H39NS. The van der Waals surface area contributed by atoms with Crippen molar-refractivity contribution < 1.29 is 0 Å². The zero-order chi connectivity index (χ0) is 36.3. The minimum atomic E-state index is -0.461. The van der Waals surface area contributed by atoms with Crippen LogP contribution in [0.3, 0.4) is 0 Å². The molecule has 0 N–H and O–H groups in total. The molecule has 10 rings (SSSR count). The molecule has 2 aliphatic rings. The maximum Gasteiger partial charge on any atom is 0.0723 e. The number of rotatable bonds is 6. The Morgan fingerprint density at radius 3 is 1.59 bits per heavy atom. The lowest BCUT2D eigenvalue weighted by molar-refractivity contribution is 0.655. The van der Waals surface area contributed by atoms with Crippen molar-refractivity contribution in [3.05, 3.63) is 234 Å². The first-order valence-electron chi connectivity index (χ1n) is 18.8. The topological polar surface area (TPSA) is 3.24 Å². The molecule has 1 aliphatic carbocycles. The van der Waals surface area contributed by atoms with Gasteiger partial charge in [-0.1, -0.05) is 183 Å². The van der Waals surface area contributed by atoms with Crippen LogP contribution in [0.15, 0.2) is 210 Å². The van der Waals surface area contributed by atoms with Gasteiger partial charge in [-0.2, -0.15) is 0 Å². The van der Waals surface area contributed by atoms with Crippen molar-refractivity contribution >= 4 is 28.8 Å². The van der Waals surface area contributed by atoms with Gasteiger partial charge in [-0.15, -0.1) is 0 Å². The summed E-state index contributed by atoms with van der Waals surface area (Å²) in [5.74, 6) is 0. The van der Waals surface area contributed by atoms with E-state index in [2.05, 4.69) is 219 Å². The van der Waals surface area contributed by atoms with Crippen molar-refractivity contribution in [2.75, 3.05) is 4.90 Å². The molecule has 0 spiro atoms. The average Bonchev–Trinajstić information content (AvgIpc) is 3.47. The molecule has 0 amide bonds. The molecule has 0 saturated heterocycles. The molecule has 0 aromatic heterocycles. The van der Waals surface area contributed by atoms with Crippen LogP contribution >= 0.6 is 11.8 Å². The van der Waals surface area contributed by atoms with Crippen LogP contribution in [0.4, 0.5) is 17.1 Å². The third kappa shape index (κ3) is 4.94. The number of para-hydroxylation sites is 1. The lowest BCUT2D eigenvalue weighted by atomic mass is 9.64. The van der Waals surface area contributed by atoms with Gasteiger partial charge in [-0.05, 0) is 92.5 Å². The van der Waals surface area contributed by atoms with E-state index in [1.54, 1.807) is 0 Å². The van der Waals surface area contributed by atoms with Crippen LogP contribution in [0, 0.1) is 0 Å². The molecule has 258 valence electrons. The van der Waals surface area contributed by atoms with Crippen LogP contribution in [0.2, 0.25) is 0 Å². The molecule has 8 aromatic carbocycles. The molecule has 1 aliphatic heterocycles. The zero-order valence-electron chi connectivity index (χ0n) is 30.4. The van der Waals surface area contributed by atoms with Crippen molar-refractivity contribution in [1.29, 1.82) is 0 Å². The summed E-state index contributed by atoms with van der Waals surface area (Å²) in [5, 5.41) is 0. The van der Waals surface area contributed by atoms with Crippen LogP contribution in [-0.2, 0) is 10.8 Å². The van der Waals surface area contributed by atoms with Gasteiger partial charge in [0.2, 0.25) is 0 Å². The second kappa shape index (κ2) is 12.8. The zero-order valence-corrected chi connectivity index (χ0v) is 31.2. The van der Waals surface area contributed by atoms with Gasteiger partial charge < -0.3 is 4.90 Å². The number of benzene rings is 8. The van der Waals surface area contributed by atoms with E-state index in [-0.39, 0.29) is 5.41 Å². The number of nitrogens with zero attached hydrogens (tertiary/aromatic N) is 1. The highest BCUT2D eigenvalue weighted by atomic mass is 32.2. The first-order chi connectivity index (χ1) is 26.5. The van der Waals surface area contributed by atoms with E-state index < -0.39 is 5.41 Å². The number of anilines is 3. The Bertz CT molecular complexity index is 2590. The Morgan fingerprint density at radius 2 is 0.926 bits per heavy atom. The van der Waals surface area contributed by atoms with Crippen molar-refractivity contribution in [1.82, 2.24) is 0 Å². The molecule has 0 fully saturated rings. The molecule has 8 aromatic rings. The van der Waals surface area contributed by atoms with Gasteiger partial charge in [0, 0.05) is 37.8 Å². The molecular weight excluding hydrogens is 671 g/mol. The number of hydrogen-bond acceptors (Lipinski definition) is 2. The maximum atomic E-state index is 2.45. The highest BCUT2D eigenvalue weighted by Gasteiger charge is 2.47. The normalized spacial score (nSPS) is 14.3. The van der Waals surface area contributed by atoms with Crippen LogP contribution in [-0.4, -0.2) is 0 Å². The van der Waals surface area contributed by atoms with Gasteiger partial charge in [0.1, 0.15) is 0 Å². The highest BCUT2D eigenvalue weighted by Crippen LogP contribution is 2.62. The summed E-state index contributed by atoms with van der Waals surface area (Å²) in [6.07, 6.45) is 0. The van der Waals surface area contributed by atoms with E-state index >= 15 is 0 Å². The summed E-state index contributed by atoms with van der Waals surface area (Å²) in [6, 6.07) is 73.6. The fourth-order valence-electron chi connectivity index (χ4n) is 9.07. The molecule has 0 saturated carbocycles. The van der Waals surface area contributed by atoms with Crippen molar-refractivity contribution in [3.63, 3.8) is 0 Å². The Labute approximate surface area is 322 Å². The van der Waals surface area contributed by atoms with E-state index in [4.69, 9.17) is 0 Å². The minimum absolute atomic E-state index is 0.199. The monoisotopic (exact) mass is 709 g/mol. The predicted molar refractivity (Wildman–Crippen MR) is 227 cm³/mol. The molecule has 0 radical (unpaired) electrons. The number of fused-ring (bicyclic) bond motifs is 6. The Kier molecular flexibility index (Phi) is 7.71. The second-order valence-corrected chi connectivity index (χ2v) is 15.9. The Hall–Kier alpha value is -6.09. The minimum Gasteiger partial charge on any atom is -0.310 e. The Balaban J connectivity index is 1.17. The number of hydrogen-bond donors (Lipinski definition) is 0. The lowest BCUT2D eigenvalue weighted by Gasteiger charge is -2.42. The van der Waals surface area contributed by atoms with Crippen LogP contribution in [0.5, 0.6) is 0 Å². The quantitative estimate of drug-likeness (QED) is 0.169. The average molecular weight is 710 g/mol. The predicted octanol–water partition coefficient (Wildman–Crippen LogP) is 14.0. The molecule has 54 heavy (non-hydrogen) atoms. The third-order valence-corrected chi connectivity index (χ3v) is 12.8. The summed E-state index contributed by atoms with van der Waals surface area (Å²) < 4.78 is 0.